The molecule has 1 heterocycles. The van der Waals surface area contributed by atoms with Crippen molar-refractivity contribution < 1.29 is 9.50 Å². The first-order valence-corrected chi connectivity index (χ1v) is 5.63. The van der Waals surface area contributed by atoms with Crippen LogP contribution in [-0.4, -0.2) is 24.3 Å². The number of nitrogens with two attached hydrogens (primary N) is 1. The van der Waals surface area contributed by atoms with Gasteiger partial charge in [-0.2, -0.15) is 0 Å². The van der Waals surface area contributed by atoms with Crippen LogP contribution in [0.15, 0.2) is 12.1 Å². The minimum atomic E-state index is -0.461. The number of benzene rings is 1. The molecule has 0 bridgehead atoms. The number of rotatable bonds is 1. The zero-order valence-corrected chi connectivity index (χ0v) is 9.54. The Hall–Kier alpha value is -1.00. The second kappa shape index (κ2) is 4.47. The monoisotopic (exact) mass is 244 g/mol. The summed E-state index contributed by atoms with van der Waals surface area (Å²) in [5.41, 5.74) is 6.94. The number of piperidine rings is 1. The first-order valence-electron chi connectivity index (χ1n) is 5.25. The fraction of sp³-hybridized carbons (Fsp3) is 0.455. The molecule has 0 amide bonds. The number of hydrogen-bond donors (Lipinski definition) is 2. The van der Waals surface area contributed by atoms with E-state index in [1.54, 1.807) is 0 Å². The van der Waals surface area contributed by atoms with Gasteiger partial charge in [0.1, 0.15) is 5.82 Å². The van der Waals surface area contributed by atoms with Crippen LogP contribution in [0.25, 0.3) is 0 Å². The van der Waals surface area contributed by atoms with Crippen molar-refractivity contribution in [2.75, 3.05) is 23.7 Å². The average Bonchev–Trinajstić information content (AvgIpc) is 2.25. The predicted octanol–water partition coefficient (Wildman–Crippen LogP) is 2.02. The molecule has 1 aliphatic heterocycles. The van der Waals surface area contributed by atoms with Gasteiger partial charge in [0.15, 0.2) is 0 Å². The van der Waals surface area contributed by atoms with Crippen molar-refractivity contribution in [3.8, 4) is 0 Å². The molecule has 0 unspecified atom stereocenters. The van der Waals surface area contributed by atoms with Crippen molar-refractivity contribution in [2.24, 2.45) is 0 Å². The molecule has 2 rings (SSSR count). The Kier molecular flexibility index (Phi) is 3.21. The van der Waals surface area contributed by atoms with Gasteiger partial charge in [-0.05, 0) is 18.9 Å². The minimum absolute atomic E-state index is 0.0401. The van der Waals surface area contributed by atoms with E-state index >= 15 is 0 Å². The Morgan fingerprint density at radius 1 is 1.38 bits per heavy atom. The van der Waals surface area contributed by atoms with Crippen molar-refractivity contribution in [1.82, 2.24) is 0 Å². The van der Waals surface area contributed by atoms with Crippen molar-refractivity contribution in [2.45, 2.75) is 18.9 Å². The summed E-state index contributed by atoms with van der Waals surface area (Å²) in [7, 11) is 0. The number of aliphatic hydroxyl groups is 1. The van der Waals surface area contributed by atoms with E-state index in [0.717, 1.165) is 0 Å². The summed E-state index contributed by atoms with van der Waals surface area (Å²) in [5, 5.41) is 9.43. The van der Waals surface area contributed by atoms with E-state index in [4.69, 9.17) is 17.3 Å². The zero-order chi connectivity index (χ0) is 11.7. The van der Waals surface area contributed by atoms with Gasteiger partial charge in [-0.1, -0.05) is 11.6 Å². The predicted molar refractivity (Wildman–Crippen MR) is 63.3 cm³/mol. The number of anilines is 2. The van der Waals surface area contributed by atoms with Crippen LogP contribution in [0, 0.1) is 5.82 Å². The van der Waals surface area contributed by atoms with Crippen LogP contribution in [0.5, 0.6) is 0 Å². The number of nitrogens with zero attached hydrogens (tertiary/aromatic N) is 1. The maximum absolute atomic E-state index is 13.3. The molecule has 0 aliphatic carbocycles. The zero-order valence-electron chi connectivity index (χ0n) is 8.79. The first-order chi connectivity index (χ1) is 7.58. The van der Waals surface area contributed by atoms with Crippen LogP contribution in [0.2, 0.25) is 5.02 Å². The second-order valence-corrected chi connectivity index (χ2v) is 4.45. The van der Waals surface area contributed by atoms with E-state index < -0.39 is 5.82 Å². The highest BCUT2D eigenvalue weighted by Crippen LogP contribution is 2.30. The highest BCUT2D eigenvalue weighted by Gasteiger charge is 2.19. The third-order valence-electron chi connectivity index (χ3n) is 2.87. The van der Waals surface area contributed by atoms with Gasteiger partial charge in [0, 0.05) is 19.2 Å². The molecular formula is C11H14ClFN2O. The standard InChI is InChI=1S/C11H14ClFN2O/c12-8-5-10(14)11(6-9(8)13)15-3-1-7(16)2-4-15/h5-7,16H,1-4,14H2. The summed E-state index contributed by atoms with van der Waals surface area (Å²) in [6.45, 7) is 1.37. The first kappa shape index (κ1) is 11.5. The van der Waals surface area contributed by atoms with Crippen LogP contribution < -0.4 is 10.6 Å². The lowest BCUT2D eigenvalue weighted by Gasteiger charge is -2.32. The van der Waals surface area contributed by atoms with Gasteiger partial charge in [-0.15, -0.1) is 0 Å². The van der Waals surface area contributed by atoms with Gasteiger partial charge >= 0.3 is 0 Å². The van der Waals surface area contributed by atoms with Crippen LogP contribution >= 0.6 is 11.6 Å². The molecule has 0 spiro atoms. The highest BCUT2D eigenvalue weighted by atomic mass is 35.5. The lowest BCUT2D eigenvalue weighted by Crippen LogP contribution is -2.36. The fourth-order valence-electron chi connectivity index (χ4n) is 1.93. The molecule has 1 fully saturated rings. The van der Waals surface area contributed by atoms with E-state index in [0.29, 0.717) is 37.3 Å². The molecule has 0 aromatic heterocycles. The Balaban J connectivity index is 2.23. The van der Waals surface area contributed by atoms with E-state index in [9.17, 15) is 9.50 Å². The molecule has 0 atom stereocenters. The van der Waals surface area contributed by atoms with E-state index in [2.05, 4.69) is 0 Å². The van der Waals surface area contributed by atoms with Gasteiger partial charge in [-0.3, -0.25) is 0 Å². The molecule has 1 aromatic rings. The number of nitrogen functional groups attached to an aromatic ring is 1. The highest BCUT2D eigenvalue weighted by molar-refractivity contribution is 6.31. The van der Waals surface area contributed by atoms with Crippen molar-refractivity contribution in [1.29, 1.82) is 0 Å². The van der Waals surface area contributed by atoms with Gasteiger partial charge in [-0.25, -0.2) is 4.39 Å². The van der Waals surface area contributed by atoms with E-state index in [-0.39, 0.29) is 11.1 Å². The lowest BCUT2D eigenvalue weighted by molar-refractivity contribution is 0.145. The molecule has 0 radical (unpaired) electrons. The Labute approximate surface area is 98.6 Å². The SMILES string of the molecule is Nc1cc(Cl)c(F)cc1N1CCC(O)CC1. The maximum atomic E-state index is 13.3. The summed E-state index contributed by atoms with van der Waals surface area (Å²) >= 11 is 5.63. The molecule has 1 saturated heterocycles. The van der Waals surface area contributed by atoms with Gasteiger partial charge in [0.05, 0.1) is 22.5 Å². The summed E-state index contributed by atoms with van der Waals surface area (Å²) in [6.07, 6.45) is 1.11. The second-order valence-electron chi connectivity index (χ2n) is 4.04. The smallest absolute Gasteiger partial charge is 0.144 e. The largest absolute Gasteiger partial charge is 0.397 e. The molecule has 16 heavy (non-hydrogen) atoms. The number of halogens is 2. The summed E-state index contributed by atoms with van der Waals surface area (Å²) < 4.78 is 13.3. The van der Waals surface area contributed by atoms with Gasteiger partial charge < -0.3 is 15.7 Å². The summed E-state index contributed by atoms with van der Waals surface area (Å²) in [4.78, 5) is 1.97. The molecule has 0 saturated carbocycles. The van der Waals surface area contributed by atoms with Crippen LogP contribution in [-0.2, 0) is 0 Å². The van der Waals surface area contributed by atoms with Gasteiger partial charge in [0.2, 0.25) is 0 Å². The molecular weight excluding hydrogens is 231 g/mol. The van der Waals surface area contributed by atoms with Crippen molar-refractivity contribution in [3.05, 3.63) is 23.0 Å². The average molecular weight is 245 g/mol. The topological polar surface area (TPSA) is 49.5 Å². The molecule has 5 heteroatoms. The Bertz CT molecular complexity index is 392. The summed E-state index contributed by atoms with van der Waals surface area (Å²) in [5.74, 6) is -0.461. The fourth-order valence-corrected chi connectivity index (χ4v) is 2.10. The Morgan fingerprint density at radius 2 is 2.00 bits per heavy atom. The normalized spacial score (nSPS) is 17.8. The van der Waals surface area contributed by atoms with Crippen molar-refractivity contribution in [3.63, 3.8) is 0 Å². The molecule has 3 N–H and O–H groups in total. The summed E-state index contributed by atoms with van der Waals surface area (Å²) in [6, 6.07) is 2.78. The molecule has 3 nitrogen and oxygen atoms in total. The lowest BCUT2D eigenvalue weighted by atomic mass is 10.1. The van der Waals surface area contributed by atoms with Crippen LogP contribution in [0.3, 0.4) is 0 Å². The van der Waals surface area contributed by atoms with E-state index in [1.807, 2.05) is 4.90 Å². The molecule has 1 aromatic carbocycles. The van der Waals surface area contributed by atoms with Gasteiger partial charge in [0.25, 0.3) is 0 Å². The van der Waals surface area contributed by atoms with Crippen molar-refractivity contribution >= 4 is 23.0 Å². The molecule has 1 aliphatic rings. The van der Waals surface area contributed by atoms with Crippen LogP contribution in [0.4, 0.5) is 15.8 Å². The molecule has 88 valence electrons. The third kappa shape index (κ3) is 2.23. The Morgan fingerprint density at radius 3 is 2.62 bits per heavy atom. The number of aliphatic hydroxyl groups excluding tert-OH is 1. The minimum Gasteiger partial charge on any atom is -0.397 e. The van der Waals surface area contributed by atoms with Crippen LogP contribution in [0.1, 0.15) is 12.8 Å². The number of hydrogen-bond acceptors (Lipinski definition) is 3. The maximum Gasteiger partial charge on any atom is 0.144 e. The van der Waals surface area contributed by atoms with E-state index in [1.165, 1.54) is 12.1 Å². The quantitative estimate of drug-likeness (QED) is 0.743. The third-order valence-corrected chi connectivity index (χ3v) is 3.16.